The van der Waals surface area contributed by atoms with Gasteiger partial charge in [-0.3, -0.25) is 19.3 Å². The van der Waals surface area contributed by atoms with Crippen molar-refractivity contribution < 1.29 is 14.4 Å². The lowest BCUT2D eigenvalue weighted by atomic mass is 10.1. The molecular weight excluding hydrogens is 376 g/mol. The van der Waals surface area contributed by atoms with E-state index >= 15 is 0 Å². The summed E-state index contributed by atoms with van der Waals surface area (Å²) in [7, 11) is 0. The second-order valence-electron chi connectivity index (χ2n) is 7.28. The fraction of sp³-hybridized carbons (Fsp3) is 0.160. The van der Waals surface area contributed by atoms with Gasteiger partial charge in [0, 0.05) is 13.1 Å². The van der Waals surface area contributed by atoms with Crippen molar-refractivity contribution in [3.63, 3.8) is 0 Å². The van der Waals surface area contributed by atoms with Crippen molar-refractivity contribution in [3.8, 4) is 0 Å². The van der Waals surface area contributed by atoms with Crippen molar-refractivity contribution in [2.45, 2.75) is 13.0 Å². The standard InChI is InChI=1S/C25H22N2O3/c28-23(18-27-24(29)21-13-7-8-14-22(21)25(27)30)26(17-20-11-5-2-6-12-20)16-15-19-9-3-1-4-10-19/h1-14H,15-18H2. The molecule has 3 amide bonds. The lowest BCUT2D eigenvalue weighted by Crippen LogP contribution is -2.43. The summed E-state index contributed by atoms with van der Waals surface area (Å²) in [6.07, 6.45) is 0.696. The van der Waals surface area contributed by atoms with Crippen LogP contribution >= 0.6 is 0 Å². The van der Waals surface area contributed by atoms with Crippen LogP contribution in [0.1, 0.15) is 31.8 Å². The molecule has 5 nitrogen and oxygen atoms in total. The van der Waals surface area contributed by atoms with E-state index in [4.69, 9.17) is 0 Å². The fourth-order valence-electron chi connectivity index (χ4n) is 3.62. The number of carbonyl (C=O) groups is 3. The zero-order chi connectivity index (χ0) is 20.9. The molecule has 0 bridgehead atoms. The number of hydrogen-bond donors (Lipinski definition) is 0. The summed E-state index contributed by atoms with van der Waals surface area (Å²) in [5, 5.41) is 0. The van der Waals surface area contributed by atoms with Gasteiger partial charge in [0.15, 0.2) is 0 Å². The van der Waals surface area contributed by atoms with Gasteiger partial charge in [0.05, 0.1) is 11.1 Å². The molecule has 1 heterocycles. The van der Waals surface area contributed by atoms with E-state index in [1.807, 2.05) is 60.7 Å². The van der Waals surface area contributed by atoms with Gasteiger partial charge in [-0.1, -0.05) is 72.8 Å². The molecule has 0 atom stereocenters. The van der Waals surface area contributed by atoms with Crippen LogP contribution < -0.4 is 0 Å². The quantitative estimate of drug-likeness (QED) is 0.572. The van der Waals surface area contributed by atoms with E-state index in [2.05, 4.69) is 0 Å². The number of fused-ring (bicyclic) bond motifs is 1. The van der Waals surface area contributed by atoms with Gasteiger partial charge in [-0.25, -0.2) is 0 Å². The van der Waals surface area contributed by atoms with Crippen LogP contribution in [-0.4, -0.2) is 40.6 Å². The first-order valence-corrected chi connectivity index (χ1v) is 9.94. The zero-order valence-corrected chi connectivity index (χ0v) is 16.5. The van der Waals surface area contributed by atoms with Gasteiger partial charge in [0.1, 0.15) is 6.54 Å². The lowest BCUT2D eigenvalue weighted by Gasteiger charge is -2.25. The molecule has 5 heteroatoms. The molecule has 3 aromatic rings. The minimum atomic E-state index is -0.410. The van der Waals surface area contributed by atoms with Crippen LogP contribution in [0.2, 0.25) is 0 Å². The largest absolute Gasteiger partial charge is 0.336 e. The molecule has 4 rings (SSSR count). The van der Waals surface area contributed by atoms with Gasteiger partial charge in [0.25, 0.3) is 11.8 Å². The van der Waals surface area contributed by atoms with Gasteiger partial charge >= 0.3 is 0 Å². The highest BCUT2D eigenvalue weighted by Crippen LogP contribution is 2.22. The van der Waals surface area contributed by atoms with E-state index < -0.39 is 11.8 Å². The molecule has 0 aliphatic carbocycles. The van der Waals surface area contributed by atoms with E-state index in [-0.39, 0.29) is 12.5 Å². The van der Waals surface area contributed by atoms with Crippen LogP contribution in [0.3, 0.4) is 0 Å². The predicted octanol–water partition coefficient (Wildman–Crippen LogP) is 3.55. The molecule has 150 valence electrons. The Kier molecular flexibility index (Phi) is 5.70. The maximum atomic E-state index is 13.1. The Morgan fingerprint density at radius 2 is 1.20 bits per heavy atom. The molecule has 0 N–H and O–H groups in total. The summed E-state index contributed by atoms with van der Waals surface area (Å²) in [4.78, 5) is 41.2. The molecule has 0 saturated heterocycles. The highest BCUT2D eigenvalue weighted by molar-refractivity contribution is 6.22. The molecule has 30 heavy (non-hydrogen) atoms. The Bertz CT molecular complexity index is 1030. The summed E-state index contributed by atoms with van der Waals surface area (Å²) < 4.78 is 0. The molecule has 0 aromatic heterocycles. The number of rotatable bonds is 7. The average Bonchev–Trinajstić information content (AvgIpc) is 3.03. The van der Waals surface area contributed by atoms with E-state index in [0.29, 0.717) is 30.6 Å². The van der Waals surface area contributed by atoms with E-state index in [0.717, 1.165) is 16.0 Å². The maximum absolute atomic E-state index is 13.1. The van der Waals surface area contributed by atoms with Crippen LogP contribution in [-0.2, 0) is 17.8 Å². The van der Waals surface area contributed by atoms with Gasteiger partial charge < -0.3 is 4.90 Å². The second-order valence-corrected chi connectivity index (χ2v) is 7.28. The molecule has 0 spiro atoms. The van der Waals surface area contributed by atoms with Crippen LogP contribution in [0.15, 0.2) is 84.9 Å². The molecule has 1 aliphatic heterocycles. The Hall–Kier alpha value is -3.73. The van der Waals surface area contributed by atoms with Crippen LogP contribution in [0, 0.1) is 0 Å². The average molecular weight is 398 g/mol. The Balaban J connectivity index is 1.50. The number of hydrogen-bond acceptors (Lipinski definition) is 3. The van der Waals surface area contributed by atoms with Gasteiger partial charge in [-0.05, 0) is 29.7 Å². The first-order chi connectivity index (χ1) is 14.6. The summed E-state index contributed by atoms with van der Waals surface area (Å²) in [5.74, 6) is -1.07. The number of carbonyl (C=O) groups excluding carboxylic acids is 3. The molecule has 0 saturated carbocycles. The zero-order valence-electron chi connectivity index (χ0n) is 16.5. The van der Waals surface area contributed by atoms with Crippen molar-refractivity contribution in [2.75, 3.05) is 13.1 Å². The first kappa shape index (κ1) is 19.6. The van der Waals surface area contributed by atoms with Crippen molar-refractivity contribution in [1.29, 1.82) is 0 Å². The van der Waals surface area contributed by atoms with Gasteiger partial charge in [-0.15, -0.1) is 0 Å². The van der Waals surface area contributed by atoms with Gasteiger partial charge in [0.2, 0.25) is 5.91 Å². The molecule has 0 radical (unpaired) electrons. The Labute approximate surface area is 175 Å². The minimum Gasteiger partial charge on any atom is -0.336 e. The molecule has 0 unspecified atom stereocenters. The maximum Gasteiger partial charge on any atom is 0.262 e. The molecule has 0 fully saturated rings. The Morgan fingerprint density at radius 1 is 0.700 bits per heavy atom. The van der Waals surface area contributed by atoms with Crippen LogP contribution in [0.5, 0.6) is 0 Å². The minimum absolute atomic E-state index is 0.246. The topological polar surface area (TPSA) is 57.7 Å². The van der Waals surface area contributed by atoms with Crippen molar-refractivity contribution in [2.24, 2.45) is 0 Å². The fourth-order valence-corrected chi connectivity index (χ4v) is 3.62. The van der Waals surface area contributed by atoms with Crippen LogP contribution in [0.4, 0.5) is 0 Å². The summed E-state index contributed by atoms with van der Waals surface area (Å²) >= 11 is 0. The third kappa shape index (κ3) is 4.15. The van der Waals surface area contributed by atoms with Crippen molar-refractivity contribution in [3.05, 3.63) is 107 Å². The monoisotopic (exact) mass is 398 g/mol. The molecular formula is C25H22N2O3. The molecule has 3 aromatic carbocycles. The first-order valence-electron chi connectivity index (χ1n) is 9.94. The van der Waals surface area contributed by atoms with Crippen LogP contribution in [0.25, 0.3) is 0 Å². The van der Waals surface area contributed by atoms with E-state index in [1.165, 1.54) is 0 Å². The number of benzene rings is 3. The summed E-state index contributed by atoms with van der Waals surface area (Å²) in [6, 6.07) is 26.3. The smallest absolute Gasteiger partial charge is 0.262 e. The SMILES string of the molecule is O=C(CN1C(=O)c2ccccc2C1=O)N(CCc1ccccc1)Cc1ccccc1. The summed E-state index contributed by atoms with van der Waals surface area (Å²) in [5.41, 5.74) is 2.84. The van der Waals surface area contributed by atoms with Crippen molar-refractivity contribution in [1.82, 2.24) is 9.80 Å². The number of imide groups is 1. The van der Waals surface area contributed by atoms with E-state index in [1.54, 1.807) is 29.2 Å². The van der Waals surface area contributed by atoms with Crippen molar-refractivity contribution >= 4 is 17.7 Å². The number of nitrogens with zero attached hydrogens (tertiary/aromatic N) is 2. The number of amides is 3. The highest BCUT2D eigenvalue weighted by atomic mass is 16.2. The predicted molar refractivity (Wildman–Crippen MR) is 114 cm³/mol. The summed E-state index contributed by atoms with van der Waals surface area (Å²) in [6.45, 7) is 0.671. The normalized spacial score (nSPS) is 12.7. The van der Waals surface area contributed by atoms with E-state index in [9.17, 15) is 14.4 Å². The highest BCUT2D eigenvalue weighted by Gasteiger charge is 2.37. The van der Waals surface area contributed by atoms with Gasteiger partial charge in [-0.2, -0.15) is 0 Å². The lowest BCUT2D eigenvalue weighted by molar-refractivity contribution is -0.132. The third-order valence-corrected chi connectivity index (χ3v) is 5.25. The second kappa shape index (κ2) is 8.74. The molecule has 1 aliphatic rings. The Morgan fingerprint density at radius 3 is 1.77 bits per heavy atom. The third-order valence-electron chi connectivity index (χ3n) is 5.25.